The first kappa shape index (κ1) is 18.3. The zero-order chi connectivity index (χ0) is 17.5. The Hall–Kier alpha value is -1.46. The lowest BCUT2D eigenvalue weighted by Gasteiger charge is -2.38. The molecule has 2 aliphatic rings. The predicted octanol–water partition coefficient (Wildman–Crippen LogP) is 2.03. The molecule has 0 N–H and O–H groups in total. The maximum Gasteiger partial charge on any atom is 0.223 e. The van der Waals surface area contributed by atoms with E-state index in [9.17, 15) is 4.79 Å². The van der Waals surface area contributed by atoms with Gasteiger partial charge in [0.2, 0.25) is 5.91 Å². The van der Waals surface area contributed by atoms with Crippen LogP contribution in [0.25, 0.3) is 0 Å². The predicted molar refractivity (Wildman–Crippen MR) is 100 cm³/mol. The molecule has 138 valence electrons. The van der Waals surface area contributed by atoms with Crippen molar-refractivity contribution in [3.8, 4) is 0 Å². The third-order valence-corrected chi connectivity index (χ3v) is 5.70. The van der Waals surface area contributed by atoms with Gasteiger partial charge in [-0.15, -0.1) is 0 Å². The minimum atomic E-state index is 0.333. The molecule has 3 rings (SSSR count). The van der Waals surface area contributed by atoms with Crippen LogP contribution in [0.5, 0.6) is 0 Å². The standard InChI is InChI=1S/C20H32N4O/c1-22-14-16-23(17-15-22)13-9-19-4-2-3-12-24(19)20(25)6-5-18-7-10-21-11-8-18/h7-8,10-11,19H,2-6,9,12-17H2,1H3. The highest BCUT2D eigenvalue weighted by molar-refractivity contribution is 5.76. The third-order valence-electron chi connectivity index (χ3n) is 5.70. The SMILES string of the molecule is CN1CCN(CCC2CCCCN2C(=O)CCc2ccncc2)CC1. The fraction of sp³-hybridized carbons (Fsp3) is 0.700. The first-order valence-corrected chi connectivity index (χ1v) is 9.81. The van der Waals surface area contributed by atoms with Gasteiger partial charge in [-0.25, -0.2) is 0 Å². The van der Waals surface area contributed by atoms with Gasteiger partial charge >= 0.3 is 0 Å². The van der Waals surface area contributed by atoms with Crippen LogP contribution in [0.2, 0.25) is 0 Å². The molecular weight excluding hydrogens is 312 g/mol. The molecule has 2 fully saturated rings. The van der Waals surface area contributed by atoms with E-state index in [0.717, 1.165) is 32.4 Å². The van der Waals surface area contributed by atoms with Gasteiger partial charge < -0.3 is 14.7 Å². The van der Waals surface area contributed by atoms with Crippen LogP contribution < -0.4 is 0 Å². The fourth-order valence-electron chi connectivity index (χ4n) is 3.98. The highest BCUT2D eigenvalue weighted by Gasteiger charge is 2.27. The number of hydrogen-bond acceptors (Lipinski definition) is 4. The molecule has 5 nitrogen and oxygen atoms in total. The normalized spacial score (nSPS) is 22.9. The average molecular weight is 345 g/mol. The van der Waals surface area contributed by atoms with Crippen molar-refractivity contribution >= 4 is 5.91 Å². The molecule has 2 saturated heterocycles. The monoisotopic (exact) mass is 344 g/mol. The van der Waals surface area contributed by atoms with E-state index in [2.05, 4.69) is 26.7 Å². The minimum absolute atomic E-state index is 0.333. The van der Waals surface area contributed by atoms with Gasteiger partial charge in [0.25, 0.3) is 0 Å². The zero-order valence-electron chi connectivity index (χ0n) is 15.6. The van der Waals surface area contributed by atoms with Gasteiger partial charge in [0.1, 0.15) is 0 Å². The summed E-state index contributed by atoms with van der Waals surface area (Å²) in [4.78, 5) is 24.0. The summed E-state index contributed by atoms with van der Waals surface area (Å²) in [5.74, 6) is 0.333. The molecule has 2 aliphatic heterocycles. The number of carbonyl (C=O) groups excluding carboxylic acids is 1. The number of pyridine rings is 1. The van der Waals surface area contributed by atoms with Crippen LogP contribution in [-0.2, 0) is 11.2 Å². The number of aryl methyl sites for hydroxylation is 1. The molecular formula is C20H32N4O. The Balaban J connectivity index is 1.47. The van der Waals surface area contributed by atoms with Crippen molar-refractivity contribution in [1.29, 1.82) is 0 Å². The molecule has 0 saturated carbocycles. The van der Waals surface area contributed by atoms with E-state index in [4.69, 9.17) is 0 Å². The summed E-state index contributed by atoms with van der Waals surface area (Å²) in [6, 6.07) is 4.46. The van der Waals surface area contributed by atoms with Gasteiger partial charge in [-0.2, -0.15) is 0 Å². The molecule has 1 aromatic rings. The van der Waals surface area contributed by atoms with Crippen LogP contribution in [0.15, 0.2) is 24.5 Å². The lowest BCUT2D eigenvalue weighted by atomic mass is 9.98. The number of piperidine rings is 1. The molecule has 0 spiro atoms. The molecule has 1 atom stereocenters. The Bertz CT molecular complexity index is 528. The molecule has 0 aliphatic carbocycles. The highest BCUT2D eigenvalue weighted by Crippen LogP contribution is 2.21. The molecule has 0 radical (unpaired) electrons. The van der Waals surface area contributed by atoms with Gasteiger partial charge in [-0.3, -0.25) is 9.78 Å². The number of rotatable bonds is 6. The number of nitrogens with zero attached hydrogens (tertiary/aromatic N) is 4. The number of likely N-dealkylation sites (tertiary alicyclic amines) is 1. The molecule has 0 aromatic carbocycles. The third kappa shape index (κ3) is 5.51. The molecule has 3 heterocycles. The molecule has 1 unspecified atom stereocenters. The summed E-state index contributed by atoms with van der Waals surface area (Å²) in [6.45, 7) is 6.74. The van der Waals surface area contributed by atoms with Crippen LogP contribution >= 0.6 is 0 Å². The van der Waals surface area contributed by atoms with E-state index >= 15 is 0 Å². The molecule has 5 heteroatoms. The summed E-state index contributed by atoms with van der Waals surface area (Å²) >= 11 is 0. The van der Waals surface area contributed by atoms with Crippen molar-refractivity contribution in [2.75, 3.05) is 46.3 Å². The van der Waals surface area contributed by atoms with Crippen molar-refractivity contribution < 1.29 is 4.79 Å². The average Bonchev–Trinajstić information content (AvgIpc) is 2.67. The van der Waals surface area contributed by atoms with Crippen molar-refractivity contribution in [3.05, 3.63) is 30.1 Å². The van der Waals surface area contributed by atoms with Crippen molar-refractivity contribution in [3.63, 3.8) is 0 Å². The number of piperazine rings is 1. The van der Waals surface area contributed by atoms with Gasteiger partial charge in [0.15, 0.2) is 0 Å². The molecule has 25 heavy (non-hydrogen) atoms. The van der Waals surface area contributed by atoms with Crippen LogP contribution in [0.1, 0.15) is 37.7 Å². The number of aromatic nitrogens is 1. The summed E-state index contributed by atoms with van der Waals surface area (Å²) in [5, 5.41) is 0. The Kier molecular flexibility index (Phi) is 6.82. The lowest BCUT2D eigenvalue weighted by molar-refractivity contribution is -0.135. The summed E-state index contributed by atoms with van der Waals surface area (Å²) < 4.78 is 0. The second-order valence-corrected chi connectivity index (χ2v) is 7.53. The van der Waals surface area contributed by atoms with Crippen molar-refractivity contribution in [1.82, 2.24) is 19.7 Å². The van der Waals surface area contributed by atoms with Crippen LogP contribution in [0, 0.1) is 0 Å². The van der Waals surface area contributed by atoms with Gasteiger partial charge in [0, 0.05) is 64.1 Å². The maximum atomic E-state index is 12.8. The smallest absolute Gasteiger partial charge is 0.223 e. The number of carbonyl (C=O) groups is 1. The van der Waals surface area contributed by atoms with E-state index < -0.39 is 0 Å². The Morgan fingerprint density at radius 3 is 2.64 bits per heavy atom. The zero-order valence-corrected chi connectivity index (χ0v) is 15.6. The Morgan fingerprint density at radius 2 is 1.88 bits per heavy atom. The fourth-order valence-corrected chi connectivity index (χ4v) is 3.98. The van der Waals surface area contributed by atoms with Crippen molar-refractivity contribution in [2.24, 2.45) is 0 Å². The number of likely N-dealkylation sites (N-methyl/N-ethyl adjacent to an activating group) is 1. The first-order chi connectivity index (χ1) is 12.2. The second kappa shape index (κ2) is 9.30. The van der Waals surface area contributed by atoms with Crippen LogP contribution in [-0.4, -0.2) is 77.9 Å². The van der Waals surface area contributed by atoms with Crippen molar-refractivity contribution in [2.45, 2.75) is 44.6 Å². The molecule has 1 aromatic heterocycles. The van der Waals surface area contributed by atoms with Gasteiger partial charge in [0.05, 0.1) is 0 Å². The number of amides is 1. The van der Waals surface area contributed by atoms with E-state index in [0.29, 0.717) is 18.4 Å². The largest absolute Gasteiger partial charge is 0.340 e. The first-order valence-electron chi connectivity index (χ1n) is 9.81. The van der Waals surface area contributed by atoms with E-state index in [1.807, 2.05) is 12.1 Å². The summed E-state index contributed by atoms with van der Waals surface area (Å²) in [7, 11) is 2.20. The van der Waals surface area contributed by atoms with E-state index in [-0.39, 0.29) is 0 Å². The quantitative estimate of drug-likeness (QED) is 0.792. The summed E-state index contributed by atoms with van der Waals surface area (Å²) in [5.41, 5.74) is 1.20. The van der Waals surface area contributed by atoms with E-state index in [1.54, 1.807) is 12.4 Å². The Labute approximate surface area is 152 Å². The Morgan fingerprint density at radius 1 is 1.12 bits per heavy atom. The minimum Gasteiger partial charge on any atom is -0.340 e. The topological polar surface area (TPSA) is 39.7 Å². The van der Waals surface area contributed by atoms with Crippen LogP contribution in [0.3, 0.4) is 0 Å². The van der Waals surface area contributed by atoms with Crippen LogP contribution in [0.4, 0.5) is 0 Å². The lowest BCUT2D eigenvalue weighted by Crippen LogP contribution is -2.48. The van der Waals surface area contributed by atoms with Gasteiger partial charge in [-0.05, 0) is 56.8 Å². The molecule has 0 bridgehead atoms. The molecule has 1 amide bonds. The highest BCUT2D eigenvalue weighted by atomic mass is 16.2. The second-order valence-electron chi connectivity index (χ2n) is 7.53. The number of hydrogen-bond donors (Lipinski definition) is 0. The summed E-state index contributed by atoms with van der Waals surface area (Å²) in [6.07, 6.45) is 9.78. The maximum absolute atomic E-state index is 12.8. The van der Waals surface area contributed by atoms with Gasteiger partial charge in [-0.1, -0.05) is 0 Å². The van der Waals surface area contributed by atoms with E-state index in [1.165, 1.54) is 44.6 Å².